The minimum absolute atomic E-state index is 0.254. The number of allylic oxidation sites excluding steroid dienone is 5. The van der Waals surface area contributed by atoms with E-state index in [-0.39, 0.29) is 12.6 Å². The van der Waals surface area contributed by atoms with Crippen molar-refractivity contribution in [2.45, 2.75) is 52.6 Å². The molecule has 180 valence electrons. The third kappa shape index (κ3) is 12.4. The Balaban J connectivity index is 2.47. The van der Waals surface area contributed by atoms with E-state index in [2.05, 4.69) is 24.3 Å². The van der Waals surface area contributed by atoms with Gasteiger partial charge < -0.3 is 14.2 Å². The number of hydrogen-bond donors (Lipinski definition) is 0. The number of ether oxygens (including phenoxy) is 3. The Morgan fingerprint density at radius 2 is 1.85 bits per heavy atom. The number of esters is 2. The molecule has 5 nitrogen and oxygen atoms in total. The first-order chi connectivity index (χ1) is 15.6. The molecule has 1 unspecified atom stereocenters. The van der Waals surface area contributed by atoms with Gasteiger partial charge in [0.1, 0.15) is 11.9 Å². The normalized spacial score (nSPS) is 13.0. The summed E-state index contributed by atoms with van der Waals surface area (Å²) >= 11 is 11.9. The van der Waals surface area contributed by atoms with E-state index in [1.165, 1.54) is 18.8 Å². The lowest BCUT2D eigenvalue weighted by Crippen LogP contribution is -2.23. The molecule has 0 aliphatic carbocycles. The van der Waals surface area contributed by atoms with E-state index in [4.69, 9.17) is 32.7 Å². The van der Waals surface area contributed by atoms with Crippen molar-refractivity contribution in [2.24, 2.45) is 0 Å². The van der Waals surface area contributed by atoms with Gasteiger partial charge in [-0.1, -0.05) is 59.2 Å². The van der Waals surface area contributed by atoms with E-state index in [0.29, 0.717) is 22.2 Å². The SMILES string of the molecule is C=C(C)C(CCC(C)=CCCC(C)=CC=CC(=O)OC)OC(=O)COc1ccc(Cl)cc1Cl. The Morgan fingerprint density at radius 1 is 1.12 bits per heavy atom. The van der Waals surface area contributed by atoms with Crippen LogP contribution in [0.5, 0.6) is 5.75 Å². The summed E-state index contributed by atoms with van der Waals surface area (Å²) in [6.07, 6.45) is 9.93. The van der Waals surface area contributed by atoms with Crippen LogP contribution in [0.1, 0.15) is 46.5 Å². The first-order valence-electron chi connectivity index (χ1n) is 10.6. The van der Waals surface area contributed by atoms with Crippen molar-refractivity contribution in [3.63, 3.8) is 0 Å². The van der Waals surface area contributed by atoms with E-state index in [9.17, 15) is 9.59 Å². The summed E-state index contributed by atoms with van der Waals surface area (Å²) in [7, 11) is 1.35. The Kier molecular flexibility index (Phi) is 13.3. The highest BCUT2D eigenvalue weighted by Crippen LogP contribution is 2.27. The summed E-state index contributed by atoms with van der Waals surface area (Å²) in [4.78, 5) is 23.3. The van der Waals surface area contributed by atoms with Gasteiger partial charge in [0.15, 0.2) is 6.61 Å². The third-order valence-electron chi connectivity index (χ3n) is 4.71. The Labute approximate surface area is 206 Å². The smallest absolute Gasteiger partial charge is 0.344 e. The van der Waals surface area contributed by atoms with E-state index in [1.807, 2.05) is 19.9 Å². The first-order valence-corrected chi connectivity index (χ1v) is 11.4. The molecule has 0 N–H and O–H groups in total. The number of halogens is 2. The molecule has 7 heteroatoms. The lowest BCUT2D eigenvalue weighted by atomic mass is 10.0. The summed E-state index contributed by atoms with van der Waals surface area (Å²) in [6.45, 7) is 9.59. The Bertz CT molecular complexity index is 915. The van der Waals surface area contributed by atoms with Crippen LogP contribution in [0.2, 0.25) is 10.0 Å². The van der Waals surface area contributed by atoms with Crippen molar-refractivity contribution < 1.29 is 23.8 Å². The van der Waals surface area contributed by atoms with Gasteiger partial charge in [0, 0.05) is 11.1 Å². The van der Waals surface area contributed by atoms with Crippen LogP contribution in [-0.2, 0) is 19.1 Å². The fourth-order valence-corrected chi connectivity index (χ4v) is 3.24. The molecular weight excluding hydrogens is 463 g/mol. The first kappa shape index (κ1) is 28.5. The van der Waals surface area contributed by atoms with Crippen molar-refractivity contribution in [2.75, 3.05) is 13.7 Å². The summed E-state index contributed by atoms with van der Waals surface area (Å²) in [5.74, 6) is -0.492. The highest BCUT2D eigenvalue weighted by molar-refractivity contribution is 6.35. The number of carbonyl (C=O) groups is 2. The molecule has 0 saturated carbocycles. The van der Waals surface area contributed by atoms with Gasteiger partial charge in [0.05, 0.1) is 12.1 Å². The van der Waals surface area contributed by atoms with Crippen LogP contribution in [-0.4, -0.2) is 31.8 Å². The van der Waals surface area contributed by atoms with Gasteiger partial charge in [-0.25, -0.2) is 9.59 Å². The molecule has 1 aromatic carbocycles. The van der Waals surface area contributed by atoms with Crippen molar-refractivity contribution in [1.82, 2.24) is 0 Å². The largest absolute Gasteiger partial charge is 0.480 e. The van der Waals surface area contributed by atoms with Crippen molar-refractivity contribution in [3.05, 3.63) is 75.8 Å². The van der Waals surface area contributed by atoms with E-state index in [1.54, 1.807) is 24.3 Å². The molecule has 1 rings (SSSR count). The average Bonchev–Trinajstić information content (AvgIpc) is 2.75. The Morgan fingerprint density at radius 3 is 2.48 bits per heavy atom. The summed E-state index contributed by atoms with van der Waals surface area (Å²) in [5, 5.41) is 0.819. The van der Waals surface area contributed by atoms with Gasteiger partial charge in [-0.3, -0.25) is 0 Å². The van der Waals surface area contributed by atoms with Crippen LogP contribution in [0.3, 0.4) is 0 Å². The maximum Gasteiger partial charge on any atom is 0.344 e. The second-order valence-electron chi connectivity index (χ2n) is 7.71. The summed E-state index contributed by atoms with van der Waals surface area (Å²) in [6, 6.07) is 4.79. The molecule has 0 fully saturated rings. The zero-order chi connectivity index (χ0) is 24.8. The average molecular weight is 495 g/mol. The molecule has 0 heterocycles. The fourth-order valence-electron chi connectivity index (χ4n) is 2.78. The maximum atomic E-state index is 12.2. The van der Waals surface area contributed by atoms with Crippen LogP contribution < -0.4 is 4.74 Å². The molecule has 1 atom stereocenters. The molecule has 0 aromatic heterocycles. The van der Waals surface area contributed by atoms with Gasteiger partial charge in [-0.2, -0.15) is 0 Å². The second-order valence-corrected chi connectivity index (χ2v) is 8.56. The standard InChI is InChI=1S/C26H32Cl2O5/c1-18(2)23(33-26(30)17-32-24-15-13-21(27)16-22(24)28)14-12-20(4)9-6-8-19(3)10-7-11-25(29)31-5/h7,9-11,13,15-16,23H,1,6,8,12,14,17H2,2-5H3. The van der Waals surface area contributed by atoms with E-state index < -0.39 is 12.1 Å². The predicted octanol–water partition coefficient (Wildman–Crippen LogP) is 7.04. The minimum atomic E-state index is -0.489. The van der Waals surface area contributed by atoms with Crippen LogP contribution in [0.15, 0.2) is 65.8 Å². The van der Waals surface area contributed by atoms with Gasteiger partial charge >= 0.3 is 11.9 Å². The van der Waals surface area contributed by atoms with E-state index >= 15 is 0 Å². The fraction of sp³-hybridized carbons (Fsp3) is 0.385. The van der Waals surface area contributed by atoms with Gasteiger partial charge in [0.25, 0.3) is 0 Å². The zero-order valence-electron chi connectivity index (χ0n) is 19.7. The molecule has 0 aliphatic heterocycles. The molecule has 33 heavy (non-hydrogen) atoms. The Hall–Kier alpha value is -2.50. The van der Waals surface area contributed by atoms with Gasteiger partial charge in [-0.15, -0.1) is 0 Å². The van der Waals surface area contributed by atoms with Crippen molar-refractivity contribution in [3.8, 4) is 5.75 Å². The van der Waals surface area contributed by atoms with Crippen LogP contribution in [0, 0.1) is 0 Å². The number of carbonyl (C=O) groups excluding carboxylic acids is 2. The highest BCUT2D eigenvalue weighted by Gasteiger charge is 2.16. The minimum Gasteiger partial charge on any atom is -0.480 e. The summed E-state index contributed by atoms with van der Waals surface area (Å²) < 4.78 is 15.5. The molecule has 0 radical (unpaired) electrons. The van der Waals surface area contributed by atoms with Crippen LogP contribution in [0.4, 0.5) is 0 Å². The molecule has 1 aromatic rings. The maximum absolute atomic E-state index is 12.2. The monoisotopic (exact) mass is 494 g/mol. The van der Waals surface area contributed by atoms with E-state index in [0.717, 1.165) is 30.4 Å². The zero-order valence-corrected chi connectivity index (χ0v) is 21.2. The van der Waals surface area contributed by atoms with Crippen molar-refractivity contribution >= 4 is 35.1 Å². The number of methoxy groups -OCH3 is 1. The lowest BCUT2D eigenvalue weighted by Gasteiger charge is -2.18. The predicted molar refractivity (Wildman–Crippen MR) is 134 cm³/mol. The van der Waals surface area contributed by atoms with Gasteiger partial charge in [-0.05, 0) is 70.2 Å². The topological polar surface area (TPSA) is 61.8 Å². The molecule has 0 aliphatic rings. The van der Waals surface area contributed by atoms with Crippen LogP contribution in [0.25, 0.3) is 0 Å². The second kappa shape index (κ2) is 15.4. The number of hydrogen-bond acceptors (Lipinski definition) is 5. The molecule has 0 saturated heterocycles. The van der Waals surface area contributed by atoms with Crippen LogP contribution >= 0.6 is 23.2 Å². The lowest BCUT2D eigenvalue weighted by molar-refractivity contribution is -0.150. The number of benzene rings is 1. The molecular formula is C26H32Cl2O5. The molecule has 0 bridgehead atoms. The van der Waals surface area contributed by atoms with Crippen molar-refractivity contribution in [1.29, 1.82) is 0 Å². The third-order valence-corrected chi connectivity index (χ3v) is 5.24. The summed E-state index contributed by atoms with van der Waals surface area (Å²) in [5.41, 5.74) is 3.14. The molecule has 0 amide bonds. The molecule has 0 spiro atoms. The highest BCUT2D eigenvalue weighted by atomic mass is 35.5. The van der Waals surface area contributed by atoms with Gasteiger partial charge in [0.2, 0.25) is 0 Å². The number of rotatable bonds is 13. The quantitative estimate of drug-likeness (QED) is 0.127.